The number of hydrogen-bond acceptors (Lipinski definition) is 1. The third-order valence-corrected chi connectivity index (χ3v) is 3.27. The summed E-state index contributed by atoms with van der Waals surface area (Å²) in [6.45, 7) is 3.65. The number of allylic oxidation sites excluding steroid dienone is 3. The molecule has 1 aromatic heterocycles. The fraction of sp³-hybridized carbons (Fsp3) is 0.143. The summed E-state index contributed by atoms with van der Waals surface area (Å²) in [7, 11) is 0. The molecule has 0 aliphatic carbocycles. The van der Waals surface area contributed by atoms with Crippen molar-refractivity contribution < 1.29 is 0 Å². The summed E-state index contributed by atoms with van der Waals surface area (Å²) in [4.78, 5) is 0. The first kappa shape index (κ1) is 10.2. The van der Waals surface area contributed by atoms with Crippen LogP contribution in [0.3, 0.4) is 0 Å². The Balaban J connectivity index is 2.07. The molecule has 0 aliphatic heterocycles. The monoisotopic (exact) mass is 214 g/mol. The Morgan fingerprint density at radius 2 is 2.20 bits per heavy atom. The number of thiophene rings is 1. The molecule has 0 radical (unpaired) electrons. The lowest BCUT2D eigenvalue weighted by Crippen LogP contribution is -1.81. The summed E-state index contributed by atoms with van der Waals surface area (Å²) in [6.07, 6.45) is 8.18. The largest absolute Gasteiger partial charge is 0.144 e. The van der Waals surface area contributed by atoms with Gasteiger partial charge in [0.1, 0.15) is 0 Å². The molecule has 2 aromatic rings. The third kappa shape index (κ3) is 2.57. The van der Waals surface area contributed by atoms with E-state index in [1.54, 1.807) is 0 Å². The van der Waals surface area contributed by atoms with Gasteiger partial charge in [-0.2, -0.15) is 0 Å². The minimum Gasteiger partial charge on any atom is -0.144 e. The molecule has 0 spiro atoms. The van der Waals surface area contributed by atoms with Crippen LogP contribution in [0.1, 0.15) is 12.0 Å². The Hall–Kier alpha value is -1.34. The van der Waals surface area contributed by atoms with Gasteiger partial charge in [-0.15, -0.1) is 11.3 Å². The maximum absolute atomic E-state index is 3.65. The highest BCUT2D eigenvalue weighted by molar-refractivity contribution is 7.17. The van der Waals surface area contributed by atoms with Crippen LogP contribution in [0.2, 0.25) is 0 Å². The normalized spacial score (nSPS) is 11.2. The molecule has 0 nitrogen and oxygen atoms in total. The molecule has 0 fully saturated rings. The summed E-state index contributed by atoms with van der Waals surface area (Å²) >= 11 is 1.81. The Kier molecular flexibility index (Phi) is 3.36. The molecule has 0 saturated carbocycles. The summed E-state index contributed by atoms with van der Waals surface area (Å²) in [6, 6.07) is 8.89. The van der Waals surface area contributed by atoms with E-state index >= 15 is 0 Å². The average molecular weight is 214 g/mol. The topological polar surface area (TPSA) is 0 Å². The van der Waals surface area contributed by atoms with Gasteiger partial charge in [-0.25, -0.2) is 0 Å². The van der Waals surface area contributed by atoms with Gasteiger partial charge in [-0.05, 0) is 41.3 Å². The predicted molar refractivity (Wildman–Crippen MR) is 69.5 cm³/mol. The van der Waals surface area contributed by atoms with Crippen LogP contribution in [0.15, 0.2) is 54.5 Å². The second-order valence-electron chi connectivity index (χ2n) is 3.50. The van der Waals surface area contributed by atoms with Crippen LogP contribution in [-0.4, -0.2) is 0 Å². The smallest absolute Gasteiger partial charge is 0.0345 e. The van der Waals surface area contributed by atoms with E-state index in [9.17, 15) is 0 Å². The van der Waals surface area contributed by atoms with E-state index < -0.39 is 0 Å². The first-order valence-corrected chi connectivity index (χ1v) is 6.02. The zero-order valence-electron chi connectivity index (χ0n) is 8.65. The molecule has 0 amide bonds. The molecule has 0 saturated heterocycles. The average Bonchev–Trinajstić information content (AvgIpc) is 2.71. The van der Waals surface area contributed by atoms with Crippen molar-refractivity contribution in [1.29, 1.82) is 0 Å². The fourth-order valence-electron chi connectivity index (χ4n) is 1.60. The molecular weight excluding hydrogens is 200 g/mol. The van der Waals surface area contributed by atoms with Crippen molar-refractivity contribution in [2.45, 2.75) is 12.8 Å². The van der Waals surface area contributed by atoms with Crippen molar-refractivity contribution in [1.82, 2.24) is 0 Å². The van der Waals surface area contributed by atoms with Crippen LogP contribution in [0, 0.1) is 0 Å². The van der Waals surface area contributed by atoms with Crippen molar-refractivity contribution in [2.24, 2.45) is 0 Å². The highest BCUT2D eigenvalue weighted by Gasteiger charge is 1.96. The number of fused-ring (bicyclic) bond motifs is 1. The van der Waals surface area contributed by atoms with Gasteiger partial charge in [0.05, 0.1) is 0 Å². The molecule has 1 heterocycles. The lowest BCUT2D eigenvalue weighted by atomic mass is 10.1. The fourth-order valence-corrected chi connectivity index (χ4v) is 2.45. The molecule has 15 heavy (non-hydrogen) atoms. The van der Waals surface area contributed by atoms with Gasteiger partial charge in [0.2, 0.25) is 0 Å². The first-order chi connectivity index (χ1) is 7.40. The van der Waals surface area contributed by atoms with E-state index in [1.165, 1.54) is 15.6 Å². The highest BCUT2D eigenvalue weighted by Crippen LogP contribution is 2.22. The highest BCUT2D eigenvalue weighted by atomic mass is 32.1. The van der Waals surface area contributed by atoms with Crippen molar-refractivity contribution in [3.8, 4) is 0 Å². The van der Waals surface area contributed by atoms with E-state index in [-0.39, 0.29) is 0 Å². The van der Waals surface area contributed by atoms with Gasteiger partial charge in [0.25, 0.3) is 0 Å². The molecule has 0 atom stereocenters. The van der Waals surface area contributed by atoms with Gasteiger partial charge in [0, 0.05) is 4.70 Å². The maximum Gasteiger partial charge on any atom is 0.0345 e. The standard InChI is InChI=1S/C14H14S/c1-2-3-4-5-6-12-7-8-13-9-10-15-14(13)11-12/h2-4,7-11H,1,5-6H2. The lowest BCUT2D eigenvalue weighted by molar-refractivity contribution is 1.00. The number of hydrogen-bond donors (Lipinski definition) is 0. The van der Waals surface area contributed by atoms with Gasteiger partial charge in [0.15, 0.2) is 0 Å². The van der Waals surface area contributed by atoms with Gasteiger partial charge < -0.3 is 0 Å². The van der Waals surface area contributed by atoms with Crippen LogP contribution in [0.4, 0.5) is 0 Å². The van der Waals surface area contributed by atoms with Crippen molar-refractivity contribution in [2.75, 3.05) is 0 Å². The molecular formula is C14H14S. The summed E-state index contributed by atoms with van der Waals surface area (Å²) in [5, 5.41) is 3.50. The Labute approximate surface area is 94.6 Å². The Bertz CT molecular complexity index is 477. The van der Waals surface area contributed by atoms with Crippen molar-refractivity contribution >= 4 is 21.4 Å². The molecule has 1 aromatic carbocycles. The zero-order valence-corrected chi connectivity index (χ0v) is 9.46. The molecule has 0 aliphatic rings. The van der Waals surface area contributed by atoms with Crippen LogP contribution in [0.25, 0.3) is 10.1 Å². The molecule has 76 valence electrons. The predicted octanol–water partition coefficient (Wildman–Crippen LogP) is 4.58. The lowest BCUT2D eigenvalue weighted by Gasteiger charge is -1.98. The molecule has 0 N–H and O–H groups in total. The maximum atomic E-state index is 3.65. The van der Waals surface area contributed by atoms with Crippen molar-refractivity contribution in [3.05, 3.63) is 60.0 Å². The Morgan fingerprint density at radius 1 is 1.27 bits per heavy atom. The van der Waals surface area contributed by atoms with Crippen LogP contribution in [0.5, 0.6) is 0 Å². The molecule has 1 heteroatoms. The second kappa shape index (κ2) is 4.94. The number of rotatable bonds is 4. The molecule has 0 unspecified atom stereocenters. The van der Waals surface area contributed by atoms with E-state index in [0.29, 0.717) is 0 Å². The minimum atomic E-state index is 1.09. The molecule has 2 rings (SSSR count). The van der Waals surface area contributed by atoms with Gasteiger partial charge in [-0.3, -0.25) is 0 Å². The van der Waals surface area contributed by atoms with E-state index in [2.05, 4.69) is 42.3 Å². The second-order valence-corrected chi connectivity index (χ2v) is 4.44. The van der Waals surface area contributed by atoms with Crippen molar-refractivity contribution in [3.63, 3.8) is 0 Å². The third-order valence-electron chi connectivity index (χ3n) is 2.39. The van der Waals surface area contributed by atoms with E-state index in [1.807, 2.05) is 23.5 Å². The van der Waals surface area contributed by atoms with Crippen LogP contribution < -0.4 is 0 Å². The number of benzene rings is 1. The van der Waals surface area contributed by atoms with Crippen LogP contribution >= 0.6 is 11.3 Å². The summed E-state index contributed by atoms with van der Waals surface area (Å²) in [5.41, 5.74) is 1.42. The number of aryl methyl sites for hydroxylation is 1. The van der Waals surface area contributed by atoms with E-state index in [4.69, 9.17) is 0 Å². The van der Waals surface area contributed by atoms with Gasteiger partial charge >= 0.3 is 0 Å². The van der Waals surface area contributed by atoms with Crippen LogP contribution in [-0.2, 0) is 6.42 Å². The summed E-state index contributed by atoms with van der Waals surface area (Å²) in [5.74, 6) is 0. The first-order valence-electron chi connectivity index (χ1n) is 5.14. The minimum absolute atomic E-state index is 1.09. The molecule has 0 bridgehead atoms. The Morgan fingerprint density at radius 3 is 3.07 bits per heavy atom. The quantitative estimate of drug-likeness (QED) is 0.654. The summed E-state index contributed by atoms with van der Waals surface area (Å²) < 4.78 is 1.39. The zero-order chi connectivity index (χ0) is 10.5. The van der Waals surface area contributed by atoms with Gasteiger partial charge in [-0.1, -0.05) is 36.9 Å². The SMILES string of the molecule is C=CC=CCCc1ccc2ccsc2c1. The van der Waals surface area contributed by atoms with E-state index in [0.717, 1.165) is 12.8 Å².